The Hall–Kier alpha value is -2.11. The maximum Gasteiger partial charge on any atom is 0.265 e. The van der Waals surface area contributed by atoms with Crippen molar-refractivity contribution in [1.29, 1.82) is 0 Å². The van der Waals surface area contributed by atoms with Crippen LogP contribution in [-0.2, 0) is 6.54 Å². The lowest BCUT2D eigenvalue weighted by atomic mass is 10.1. The fourth-order valence-corrected chi connectivity index (χ4v) is 3.62. The lowest BCUT2D eigenvalue weighted by Gasteiger charge is -2.16. The molecule has 0 radical (unpaired) electrons. The van der Waals surface area contributed by atoms with Gasteiger partial charge in [0.2, 0.25) is 5.71 Å². The van der Waals surface area contributed by atoms with E-state index in [4.69, 9.17) is 4.42 Å². The molecule has 1 N–H and O–H groups in total. The van der Waals surface area contributed by atoms with Crippen LogP contribution in [0.25, 0.3) is 11.1 Å². The standard InChI is InChI=1S/C19H27N3O3/c1-12(2)10-22-11-20-18-16(19(22)24)15(13(3)25-18)17(23)21-14-8-6-4-5-7-9-14/h11-12,14H,4-10H2,1-3H3,(H,21,23). The number of hydrogen-bond donors (Lipinski definition) is 1. The van der Waals surface area contributed by atoms with Crippen molar-refractivity contribution in [2.75, 3.05) is 0 Å². The number of amides is 1. The number of fused-ring (bicyclic) bond motifs is 1. The van der Waals surface area contributed by atoms with Crippen molar-refractivity contribution in [1.82, 2.24) is 14.9 Å². The number of hydrogen-bond acceptors (Lipinski definition) is 4. The highest BCUT2D eigenvalue weighted by Crippen LogP contribution is 2.23. The van der Waals surface area contributed by atoms with Crippen molar-refractivity contribution in [2.24, 2.45) is 5.92 Å². The number of aromatic nitrogens is 2. The molecule has 0 spiro atoms. The van der Waals surface area contributed by atoms with E-state index in [1.54, 1.807) is 11.5 Å². The van der Waals surface area contributed by atoms with Gasteiger partial charge in [-0.2, -0.15) is 0 Å². The van der Waals surface area contributed by atoms with Gasteiger partial charge in [0, 0.05) is 12.6 Å². The molecule has 1 fully saturated rings. The molecule has 6 heteroatoms. The molecule has 0 bridgehead atoms. The molecular weight excluding hydrogens is 318 g/mol. The highest BCUT2D eigenvalue weighted by Gasteiger charge is 2.25. The Bertz CT molecular complexity index is 811. The fraction of sp³-hybridized carbons (Fsp3) is 0.632. The maximum absolute atomic E-state index is 12.9. The third-order valence-corrected chi connectivity index (χ3v) is 4.83. The lowest BCUT2D eigenvalue weighted by molar-refractivity contribution is 0.0933. The first kappa shape index (κ1) is 17.7. The van der Waals surface area contributed by atoms with Gasteiger partial charge >= 0.3 is 0 Å². The van der Waals surface area contributed by atoms with Gasteiger partial charge in [-0.15, -0.1) is 0 Å². The normalized spacial score (nSPS) is 16.3. The second-order valence-corrected chi connectivity index (χ2v) is 7.47. The van der Waals surface area contributed by atoms with Crippen LogP contribution in [-0.4, -0.2) is 21.5 Å². The number of carbonyl (C=O) groups excluding carboxylic acids is 1. The largest absolute Gasteiger partial charge is 0.442 e. The Morgan fingerprint density at radius 3 is 2.64 bits per heavy atom. The number of furan rings is 1. The summed E-state index contributed by atoms with van der Waals surface area (Å²) < 4.78 is 7.15. The minimum absolute atomic E-state index is 0.175. The second kappa shape index (κ2) is 7.42. The molecule has 0 unspecified atom stereocenters. The highest BCUT2D eigenvalue weighted by atomic mass is 16.3. The molecule has 1 amide bonds. The van der Waals surface area contributed by atoms with E-state index in [1.807, 2.05) is 13.8 Å². The molecule has 0 aromatic carbocycles. The molecule has 2 heterocycles. The van der Waals surface area contributed by atoms with Gasteiger partial charge < -0.3 is 9.73 Å². The van der Waals surface area contributed by atoms with Crippen molar-refractivity contribution < 1.29 is 9.21 Å². The molecule has 3 rings (SSSR count). The van der Waals surface area contributed by atoms with Crippen LogP contribution in [0.4, 0.5) is 0 Å². The lowest BCUT2D eigenvalue weighted by Crippen LogP contribution is -2.35. The molecule has 1 saturated carbocycles. The Kier molecular flexibility index (Phi) is 5.25. The summed E-state index contributed by atoms with van der Waals surface area (Å²) in [4.78, 5) is 29.9. The molecular formula is C19H27N3O3. The Morgan fingerprint density at radius 2 is 2.00 bits per heavy atom. The van der Waals surface area contributed by atoms with Gasteiger partial charge in [-0.3, -0.25) is 14.2 Å². The summed E-state index contributed by atoms with van der Waals surface area (Å²) in [6, 6.07) is 0.175. The minimum atomic E-state index is -0.218. The van der Waals surface area contributed by atoms with Crippen LogP contribution in [0.1, 0.15) is 68.5 Å². The predicted molar refractivity (Wildman–Crippen MR) is 96.8 cm³/mol. The first-order valence-electron chi connectivity index (χ1n) is 9.26. The van der Waals surface area contributed by atoms with E-state index in [1.165, 1.54) is 19.2 Å². The van der Waals surface area contributed by atoms with Crippen LogP contribution in [0.3, 0.4) is 0 Å². The van der Waals surface area contributed by atoms with Crippen molar-refractivity contribution >= 4 is 17.0 Å². The molecule has 1 aliphatic carbocycles. The van der Waals surface area contributed by atoms with Gasteiger partial charge in [-0.05, 0) is 25.7 Å². The van der Waals surface area contributed by atoms with Gasteiger partial charge in [-0.1, -0.05) is 39.5 Å². The van der Waals surface area contributed by atoms with Crippen molar-refractivity contribution in [3.63, 3.8) is 0 Å². The zero-order valence-electron chi connectivity index (χ0n) is 15.3. The Balaban J connectivity index is 1.95. The van der Waals surface area contributed by atoms with Gasteiger partial charge in [0.25, 0.3) is 11.5 Å². The average Bonchev–Trinajstić information content (AvgIpc) is 2.71. The average molecular weight is 345 g/mol. The van der Waals surface area contributed by atoms with E-state index in [0.717, 1.165) is 25.7 Å². The van der Waals surface area contributed by atoms with E-state index in [2.05, 4.69) is 10.3 Å². The minimum Gasteiger partial charge on any atom is -0.442 e. The SMILES string of the molecule is Cc1oc2ncn(CC(C)C)c(=O)c2c1C(=O)NC1CCCCCC1. The van der Waals surface area contributed by atoms with Crippen LogP contribution in [0, 0.1) is 12.8 Å². The van der Waals surface area contributed by atoms with Gasteiger partial charge in [0.15, 0.2) is 0 Å². The Morgan fingerprint density at radius 1 is 1.32 bits per heavy atom. The summed E-state index contributed by atoms with van der Waals surface area (Å²) in [6.45, 7) is 6.36. The number of nitrogens with one attached hydrogen (secondary N) is 1. The van der Waals surface area contributed by atoms with E-state index in [-0.39, 0.29) is 23.2 Å². The summed E-state index contributed by atoms with van der Waals surface area (Å²) in [5.41, 5.74) is 0.380. The van der Waals surface area contributed by atoms with E-state index >= 15 is 0 Å². The molecule has 2 aromatic heterocycles. The molecule has 2 aromatic rings. The number of carbonyl (C=O) groups is 1. The molecule has 0 saturated heterocycles. The first-order valence-corrected chi connectivity index (χ1v) is 9.26. The number of rotatable bonds is 4. The van der Waals surface area contributed by atoms with E-state index in [0.29, 0.717) is 29.2 Å². The molecule has 25 heavy (non-hydrogen) atoms. The number of aryl methyl sites for hydroxylation is 1. The number of nitrogens with zero attached hydrogens (tertiary/aromatic N) is 2. The molecule has 1 aliphatic rings. The zero-order chi connectivity index (χ0) is 18.0. The van der Waals surface area contributed by atoms with Crippen LogP contribution < -0.4 is 10.9 Å². The molecule has 0 aliphatic heterocycles. The van der Waals surface area contributed by atoms with Gasteiger partial charge in [0.1, 0.15) is 17.5 Å². The van der Waals surface area contributed by atoms with E-state index < -0.39 is 0 Å². The molecule has 0 atom stereocenters. The predicted octanol–water partition coefficient (Wildman–Crippen LogP) is 3.41. The van der Waals surface area contributed by atoms with Crippen molar-refractivity contribution in [3.8, 4) is 0 Å². The maximum atomic E-state index is 12.9. The quantitative estimate of drug-likeness (QED) is 0.862. The van der Waals surface area contributed by atoms with Crippen LogP contribution in [0.2, 0.25) is 0 Å². The van der Waals surface area contributed by atoms with Crippen LogP contribution in [0.15, 0.2) is 15.5 Å². The summed E-state index contributed by atoms with van der Waals surface area (Å²) in [5.74, 6) is 0.547. The zero-order valence-corrected chi connectivity index (χ0v) is 15.3. The topological polar surface area (TPSA) is 77.1 Å². The summed E-state index contributed by atoms with van der Waals surface area (Å²) >= 11 is 0. The highest BCUT2D eigenvalue weighted by molar-refractivity contribution is 6.06. The monoisotopic (exact) mass is 345 g/mol. The van der Waals surface area contributed by atoms with Crippen molar-refractivity contribution in [3.05, 3.63) is 28.0 Å². The molecule has 136 valence electrons. The summed E-state index contributed by atoms with van der Waals surface area (Å²) in [5, 5.41) is 3.40. The second-order valence-electron chi connectivity index (χ2n) is 7.47. The summed E-state index contributed by atoms with van der Waals surface area (Å²) in [7, 11) is 0. The van der Waals surface area contributed by atoms with Crippen LogP contribution >= 0.6 is 0 Å². The van der Waals surface area contributed by atoms with Crippen molar-refractivity contribution in [2.45, 2.75) is 71.9 Å². The third-order valence-electron chi connectivity index (χ3n) is 4.83. The fourth-order valence-electron chi connectivity index (χ4n) is 3.62. The van der Waals surface area contributed by atoms with E-state index in [9.17, 15) is 9.59 Å². The Labute approximate surface area is 147 Å². The van der Waals surface area contributed by atoms with Gasteiger partial charge in [0.05, 0.1) is 5.56 Å². The third kappa shape index (κ3) is 3.78. The van der Waals surface area contributed by atoms with Gasteiger partial charge in [-0.25, -0.2) is 4.98 Å². The smallest absolute Gasteiger partial charge is 0.265 e. The first-order chi connectivity index (χ1) is 12.0. The summed E-state index contributed by atoms with van der Waals surface area (Å²) in [6.07, 6.45) is 8.22. The molecule has 6 nitrogen and oxygen atoms in total. The van der Waals surface area contributed by atoms with Crippen LogP contribution in [0.5, 0.6) is 0 Å².